The molecule has 0 spiro atoms. The van der Waals surface area contributed by atoms with Crippen LogP contribution < -0.4 is 15.4 Å². The molecule has 0 bridgehead atoms. The summed E-state index contributed by atoms with van der Waals surface area (Å²) in [6, 6.07) is 8.25. The van der Waals surface area contributed by atoms with E-state index in [2.05, 4.69) is 15.6 Å². The molecule has 0 aliphatic carbocycles. The smallest absolute Gasteiger partial charge is 0.417 e. The van der Waals surface area contributed by atoms with Gasteiger partial charge in [-0.15, -0.1) is 0 Å². The zero-order chi connectivity index (χ0) is 19.7. The van der Waals surface area contributed by atoms with E-state index in [0.717, 1.165) is 12.1 Å². The number of carbonyl (C=O) groups excluding carboxylic acids is 1. The van der Waals surface area contributed by atoms with E-state index in [4.69, 9.17) is 9.47 Å². The number of nitrogens with one attached hydrogen (secondary N) is 2. The fourth-order valence-corrected chi connectivity index (χ4v) is 2.07. The molecule has 1 aromatic heterocycles. The molecule has 6 nitrogen and oxygen atoms in total. The average Bonchev–Trinajstić information content (AvgIpc) is 2.65. The van der Waals surface area contributed by atoms with Crippen molar-refractivity contribution < 1.29 is 27.4 Å². The second-order valence-corrected chi connectivity index (χ2v) is 5.51. The molecule has 0 saturated heterocycles. The Bertz CT molecular complexity index is 719. The lowest BCUT2D eigenvalue weighted by Gasteiger charge is -2.09. The Hall–Kier alpha value is -2.65. The Labute approximate surface area is 154 Å². The van der Waals surface area contributed by atoms with Gasteiger partial charge in [0.05, 0.1) is 12.2 Å². The molecule has 0 aliphatic heterocycles. The Morgan fingerprint density at radius 3 is 2.41 bits per heavy atom. The number of carbonyl (C=O) groups is 1. The van der Waals surface area contributed by atoms with Gasteiger partial charge in [0.15, 0.2) is 0 Å². The van der Waals surface area contributed by atoms with Gasteiger partial charge in [-0.05, 0) is 30.3 Å². The second-order valence-electron chi connectivity index (χ2n) is 5.51. The topological polar surface area (TPSA) is 72.5 Å². The van der Waals surface area contributed by atoms with Gasteiger partial charge in [0.1, 0.15) is 5.75 Å². The summed E-state index contributed by atoms with van der Waals surface area (Å²) >= 11 is 0. The van der Waals surface area contributed by atoms with Gasteiger partial charge in [0, 0.05) is 44.6 Å². The van der Waals surface area contributed by atoms with Gasteiger partial charge in [-0.2, -0.15) is 13.2 Å². The summed E-state index contributed by atoms with van der Waals surface area (Å²) in [4.78, 5) is 15.6. The number of nitrogens with zero attached hydrogens (tertiary/aromatic N) is 1. The number of pyridine rings is 1. The molecule has 27 heavy (non-hydrogen) atoms. The van der Waals surface area contributed by atoms with E-state index in [-0.39, 0.29) is 11.8 Å². The van der Waals surface area contributed by atoms with Gasteiger partial charge < -0.3 is 20.1 Å². The normalized spacial score (nSPS) is 11.3. The van der Waals surface area contributed by atoms with E-state index in [1.165, 1.54) is 0 Å². The fraction of sp³-hybridized carbons (Fsp3) is 0.333. The summed E-state index contributed by atoms with van der Waals surface area (Å²) in [5.41, 5.74) is -0.404. The van der Waals surface area contributed by atoms with Crippen molar-refractivity contribution in [1.29, 1.82) is 0 Å². The highest BCUT2D eigenvalue weighted by atomic mass is 19.4. The number of amides is 1. The van der Waals surface area contributed by atoms with Gasteiger partial charge >= 0.3 is 6.18 Å². The standard InChI is InChI=1S/C18H20F3N3O3/c1-26-11-10-22-8-9-23-17(25)13-2-5-15(6-3-13)27-16-7-4-14(12-24-16)18(19,20)21/h2-7,12,22H,8-11H2,1H3,(H,23,25). The zero-order valence-electron chi connectivity index (χ0n) is 14.7. The summed E-state index contributed by atoms with van der Waals surface area (Å²) in [5.74, 6) is 0.158. The molecule has 146 valence electrons. The SMILES string of the molecule is COCCNCCNC(=O)c1ccc(Oc2ccc(C(F)(F)F)cn2)cc1. The third-order valence-electron chi connectivity index (χ3n) is 3.47. The first-order chi connectivity index (χ1) is 12.9. The van der Waals surface area contributed by atoms with Crippen LogP contribution in [-0.2, 0) is 10.9 Å². The predicted molar refractivity (Wildman–Crippen MR) is 92.8 cm³/mol. The Kier molecular flexibility index (Phi) is 7.56. The molecule has 0 aliphatic rings. The minimum atomic E-state index is -4.44. The highest BCUT2D eigenvalue weighted by molar-refractivity contribution is 5.94. The maximum atomic E-state index is 12.5. The molecular weight excluding hydrogens is 363 g/mol. The number of methoxy groups -OCH3 is 1. The number of rotatable bonds is 9. The molecule has 1 aromatic carbocycles. The minimum absolute atomic E-state index is 0.0299. The lowest BCUT2D eigenvalue weighted by Crippen LogP contribution is -2.33. The Morgan fingerprint density at radius 2 is 1.81 bits per heavy atom. The lowest BCUT2D eigenvalue weighted by atomic mass is 10.2. The quantitative estimate of drug-likeness (QED) is 0.652. The van der Waals surface area contributed by atoms with Crippen molar-refractivity contribution >= 4 is 5.91 Å². The maximum absolute atomic E-state index is 12.5. The fourth-order valence-electron chi connectivity index (χ4n) is 2.07. The van der Waals surface area contributed by atoms with Crippen LogP contribution in [0, 0.1) is 0 Å². The van der Waals surface area contributed by atoms with E-state index in [1.807, 2.05) is 0 Å². The molecule has 0 fully saturated rings. The highest BCUT2D eigenvalue weighted by Crippen LogP contribution is 2.30. The third-order valence-corrected chi connectivity index (χ3v) is 3.47. The summed E-state index contributed by atoms with van der Waals surface area (Å²) < 4.78 is 47.8. The van der Waals surface area contributed by atoms with Crippen molar-refractivity contribution in [2.75, 3.05) is 33.4 Å². The minimum Gasteiger partial charge on any atom is -0.439 e. The Morgan fingerprint density at radius 1 is 1.07 bits per heavy atom. The van der Waals surface area contributed by atoms with Crippen molar-refractivity contribution in [2.24, 2.45) is 0 Å². The molecule has 2 N–H and O–H groups in total. The summed E-state index contributed by atoms with van der Waals surface area (Å²) in [6.45, 7) is 2.39. The number of hydrogen-bond donors (Lipinski definition) is 2. The van der Waals surface area contributed by atoms with Crippen LogP contribution in [0.2, 0.25) is 0 Å². The molecule has 0 atom stereocenters. The summed E-state index contributed by atoms with van der Waals surface area (Å²) in [6.07, 6.45) is -3.74. The molecule has 9 heteroatoms. The third kappa shape index (κ3) is 6.87. The van der Waals surface area contributed by atoms with Crippen LogP contribution >= 0.6 is 0 Å². The summed E-state index contributed by atoms with van der Waals surface area (Å²) in [5, 5.41) is 5.87. The van der Waals surface area contributed by atoms with Gasteiger partial charge in [0.25, 0.3) is 5.91 Å². The van der Waals surface area contributed by atoms with Crippen molar-refractivity contribution in [3.05, 3.63) is 53.7 Å². The van der Waals surface area contributed by atoms with Crippen LogP contribution in [0.25, 0.3) is 0 Å². The zero-order valence-corrected chi connectivity index (χ0v) is 14.7. The van der Waals surface area contributed by atoms with Gasteiger partial charge in [-0.3, -0.25) is 4.79 Å². The van der Waals surface area contributed by atoms with E-state index in [0.29, 0.717) is 43.8 Å². The first kappa shape index (κ1) is 20.7. The van der Waals surface area contributed by atoms with Crippen molar-refractivity contribution in [3.63, 3.8) is 0 Å². The van der Waals surface area contributed by atoms with Crippen molar-refractivity contribution in [2.45, 2.75) is 6.18 Å². The number of halogens is 3. The molecule has 2 aromatic rings. The molecule has 2 rings (SSSR count). The first-order valence-corrected chi connectivity index (χ1v) is 8.19. The van der Waals surface area contributed by atoms with E-state index in [1.54, 1.807) is 31.4 Å². The average molecular weight is 383 g/mol. The number of hydrogen-bond acceptors (Lipinski definition) is 5. The van der Waals surface area contributed by atoms with Gasteiger partial charge in [-0.1, -0.05) is 0 Å². The number of alkyl halides is 3. The van der Waals surface area contributed by atoms with Crippen molar-refractivity contribution in [1.82, 2.24) is 15.6 Å². The van der Waals surface area contributed by atoms with Crippen molar-refractivity contribution in [3.8, 4) is 11.6 Å². The van der Waals surface area contributed by atoms with Crippen LogP contribution in [0.4, 0.5) is 13.2 Å². The monoisotopic (exact) mass is 383 g/mol. The van der Waals surface area contributed by atoms with Crippen LogP contribution in [0.3, 0.4) is 0 Å². The van der Waals surface area contributed by atoms with E-state index in [9.17, 15) is 18.0 Å². The maximum Gasteiger partial charge on any atom is 0.417 e. The second kappa shape index (κ2) is 9.89. The molecule has 0 saturated carbocycles. The molecule has 1 amide bonds. The lowest BCUT2D eigenvalue weighted by molar-refractivity contribution is -0.137. The van der Waals surface area contributed by atoms with E-state index < -0.39 is 11.7 Å². The molecule has 0 radical (unpaired) electrons. The first-order valence-electron chi connectivity index (χ1n) is 8.19. The number of benzene rings is 1. The number of ether oxygens (including phenoxy) is 2. The van der Waals surface area contributed by atoms with Crippen LogP contribution in [-0.4, -0.2) is 44.2 Å². The largest absolute Gasteiger partial charge is 0.439 e. The van der Waals surface area contributed by atoms with Gasteiger partial charge in [-0.25, -0.2) is 4.98 Å². The molecular formula is C18H20F3N3O3. The van der Waals surface area contributed by atoms with Crippen LogP contribution in [0.1, 0.15) is 15.9 Å². The molecule has 1 heterocycles. The van der Waals surface area contributed by atoms with Crippen LogP contribution in [0.5, 0.6) is 11.6 Å². The number of aromatic nitrogens is 1. The van der Waals surface area contributed by atoms with Crippen LogP contribution in [0.15, 0.2) is 42.6 Å². The van der Waals surface area contributed by atoms with E-state index >= 15 is 0 Å². The van der Waals surface area contributed by atoms with Gasteiger partial charge in [0.2, 0.25) is 5.88 Å². The predicted octanol–water partition coefficient (Wildman–Crippen LogP) is 2.86. The molecule has 0 unspecified atom stereocenters. The Balaban J connectivity index is 1.83. The summed E-state index contributed by atoms with van der Waals surface area (Å²) in [7, 11) is 1.62. The highest BCUT2D eigenvalue weighted by Gasteiger charge is 2.30.